The Balaban J connectivity index is 0.00000387. The summed E-state index contributed by atoms with van der Waals surface area (Å²) in [7, 11) is 0. The minimum atomic E-state index is -3.09. The van der Waals surface area contributed by atoms with E-state index in [1.165, 1.54) is 18.2 Å². The van der Waals surface area contributed by atoms with Crippen LogP contribution in [0.5, 0.6) is 11.5 Å². The van der Waals surface area contributed by atoms with E-state index in [0.29, 0.717) is 22.5 Å². The fourth-order valence-electron chi connectivity index (χ4n) is 4.60. The second kappa shape index (κ2) is 12.8. The molecule has 0 saturated carbocycles. The highest BCUT2D eigenvalue weighted by molar-refractivity contribution is 5.85. The van der Waals surface area contributed by atoms with Gasteiger partial charge in [-0.05, 0) is 59.9 Å². The van der Waals surface area contributed by atoms with Crippen molar-refractivity contribution < 1.29 is 32.9 Å². The topological polar surface area (TPSA) is 105 Å². The third kappa shape index (κ3) is 6.82. The highest BCUT2D eigenvalue weighted by Gasteiger charge is 2.21. The Morgan fingerprint density at radius 1 is 1.00 bits per heavy atom. The summed E-state index contributed by atoms with van der Waals surface area (Å²) in [4.78, 5) is 16.5. The molecule has 0 bridgehead atoms. The van der Waals surface area contributed by atoms with Crippen LogP contribution in [-0.2, 0) is 17.8 Å². The molecule has 7 nitrogen and oxygen atoms in total. The lowest BCUT2D eigenvalue weighted by atomic mass is 9.96. The second-order valence-electron chi connectivity index (χ2n) is 9.31. The third-order valence-corrected chi connectivity index (χ3v) is 6.65. The first kappa shape index (κ1) is 29.5. The monoisotopic (exact) mass is 580 g/mol. The molecule has 0 aliphatic heterocycles. The Bertz CT molecular complexity index is 1640. The fraction of sp³-hybridized carbons (Fsp3) is 0.161. The smallest absolute Gasteiger partial charge is 0.387 e. The van der Waals surface area contributed by atoms with E-state index in [1.54, 1.807) is 18.2 Å². The van der Waals surface area contributed by atoms with Crippen molar-refractivity contribution in [2.24, 2.45) is 0 Å². The number of carboxylic acid groups (broad SMARTS) is 1. The number of alkyl halides is 2. The number of phenolic OH excluding ortho intramolecular Hbond substituents is 1. The van der Waals surface area contributed by atoms with E-state index in [0.717, 1.165) is 22.3 Å². The van der Waals surface area contributed by atoms with Crippen LogP contribution >= 0.6 is 12.4 Å². The molecule has 5 aromatic rings. The zero-order valence-electron chi connectivity index (χ0n) is 21.9. The molecule has 1 heterocycles. The van der Waals surface area contributed by atoms with E-state index in [1.807, 2.05) is 55.5 Å². The fourth-order valence-corrected chi connectivity index (χ4v) is 4.60. The van der Waals surface area contributed by atoms with Crippen molar-refractivity contribution in [3.8, 4) is 34.1 Å². The number of aromatic nitrogens is 1. The standard InChI is InChI=1S/C31H26F2N2O5.ClH/c1-18-23(20-6-3-2-4-7-20)8-5-9-24(18)29-35-25-15-21(27(40-31(32)33)16-28(25)39-29)17-34-26(30(37)38)14-19-10-12-22(36)13-11-19;/h2-13,15-16,26,31,34,36H,14,17H2,1H3,(H,37,38);1H/t26-;/m0./s1. The highest BCUT2D eigenvalue weighted by Crippen LogP contribution is 2.35. The van der Waals surface area contributed by atoms with Crippen LogP contribution in [0.15, 0.2) is 89.3 Å². The molecule has 0 saturated heterocycles. The summed E-state index contributed by atoms with van der Waals surface area (Å²) in [5.74, 6) is -0.849. The molecule has 0 radical (unpaired) electrons. The normalized spacial score (nSPS) is 11.8. The summed E-state index contributed by atoms with van der Waals surface area (Å²) in [5.41, 5.74) is 5.43. The zero-order valence-corrected chi connectivity index (χ0v) is 22.7. The van der Waals surface area contributed by atoms with Crippen molar-refractivity contribution in [1.82, 2.24) is 10.3 Å². The van der Waals surface area contributed by atoms with Crippen molar-refractivity contribution in [2.45, 2.75) is 32.5 Å². The number of aromatic hydroxyl groups is 1. The zero-order chi connectivity index (χ0) is 28.2. The van der Waals surface area contributed by atoms with Gasteiger partial charge in [0.25, 0.3) is 0 Å². The molecular weight excluding hydrogens is 554 g/mol. The Morgan fingerprint density at radius 2 is 1.71 bits per heavy atom. The van der Waals surface area contributed by atoms with Gasteiger partial charge >= 0.3 is 12.6 Å². The Kier molecular flexibility index (Phi) is 9.21. The van der Waals surface area contributed by atoms with Crippen molar-refractivity contribution in [3.05, 3.63) is 102 Å². The number of carbonyl (C=O) groups is 1. The van der Waals surface area contributed by atoms with Gasteiger partial charge < -0.3 is 19.4 Å². The maximum atomic E-state index is 13.3. The van der Waals surface area contributed by atoms with Crippen LogP contribution < -0.4 is 10.1 Å². The number of rotatable bonds is 10. The summed E-state index contributed by atoms with van der Waals surface area (Å²) in [6.45, 7) is -1.19. The molecule has 212 valence electrons. The van der Waals surface area contributed by atoms with E-state index >= 15 is 0 Å². The Labute approximate surface area is 240 Å². The first-order chi connectivity index (χ1) is 19.3. The van der Waals surface area contributed by atoms with Crippen LogP contribution in [0, 0.1) is 6.92 Å². The maximum Gasteiger partial charge on any atom is 0.387 e. The number of carboxylic acids is 1. The minimum Gasteiger partial charge on any atom is -0.508 e. The SMILES string of the molecule is Cc1c(-c2ccccc2)cccc1-c1nc2cc(CN[C@@H](Cc3ccc(O)cc3)C(=O)O)c(OC(F)F)cc2o1.Cl. The number of ether oxygens (including phenoxy) is 1. The summed E-state index contributed by atoms with van der Waals surface area (Å²) in [6.07, 6.45) is 0.119. The van der Waals surface area contributed by atoms with Crippen LogP contribution in [0.2, 0.25) is 0 Å². The van der Waals surface area contributed by atoms with E-state index in [-0.39, 0.29) is 42.5 Å². The lowest BCUT2D eigenvalue weighted by Crippen LogP contribution is -2.38. The summed E-state index contributed by atoms with van der Waals surface area (Å²) in [5, 5.41) is 22.1. The summed E-state index contributed by atoms with van der Waals surface area (Å²) < 4.78 is 37.3. The number of nitrogens with one attached hydrogen (secondary N) is 1. The van der Waals surface area contributed by atoms with E-state index in [2.05, 4.69) is 10.3 Å². The van der Waals surface area contributed by atoms with Crippen LogP contribution in [0.25, 0.3) is 33.7 Å². The number of aliphatic carboxylic acids is 1. The number of halogens is 3. The summed E-state index contributed by atoms with van der Waals surface area (Å²) in [6, 6.07) is 23.7. The molecule has 0 amide bonds. The van der Waals surface area contributed by atoms with Crippen LogP contribution in [0.3, 0.4) is 0 Å². The van der Waals surface area contributed by atoms with Gasteiger partial charge in [0.05, 0.1) is 0 Å². The third-order valence-electron chi connectivity index (χ3n) is 6.65. The quantitative estimate of drug-likeness (QED) is 0.164. The number of nitrogens with zero attached hydrogens (tertiary/aromatic N) is 1. The van der Waals surface area contributed by atoms with Gasteiger partial charge in [0, 0.05) is 23.7 Å². The molecule has 3 N–H and O–H groups in total. The summed E-state index contributed by atoms with van der Waals surface area (Å²) >= 11 is 0. The Hall–Kier alpha value is -4.47. The molecule has 5 rings (SSSR count). The number of benzene rings is 4. The molecule has 4 aromatic carbocycles. The van der Waals surface area contributed by atoms with E-state index < -0.39 is 18.6 Å². The first-order valence-corrected chi connectivity index (χ1v) is 12.6. The largest absolute Gasteiger partial charge is 0.508 e. The lowest BCUT2D eigenvalue weighted by Gasteiger charge is -2.16. The van der Waals surface area contributed by atoms with E-state index in [4.69, 9.17) is 9.15 Å². The lowest BCUT2D eigenvalue weighted by molar-refractivity contribution is -0.139. The number of hydrogen-bond acceptors (Lipinski definition) is 6. The number of phenols is 1. The van der Waals surface area contributed by atoms with Gasteiger partial charge in [-0.3, -0.25) is 10.1 Å². The number of oxazole rings is 1. The average molecular weight is 581 g/mol. The van der Waals surface area contributed by atoms with Crippen LogP contribution in [0.4, 0.5) is 8.78 Å². The molecule has 0 fully saturated rings. The first-order valence-electron chi connectivity index (χ1n) is 12.6. The van der Waals surface area contributed by atoms with Gasteiger partial charge in [0.15, 0.2) is 5.58 Å². The number of fused-ring (bicyclic) bond motifs is 1. The van der Waals surface area contributed by atoms with Gasteiger partial charge in [0.1, 0.15) is 23.1 Å². The molecular formula is C31H27ClF2N2O5. The highest BCUT2D eigenvalue weighted by atomic mass is 35.5. The van der Waals surface area contributed by atoms with Gasteiger partial charge in [-0.2, -0.15) is 8.78 Å². The molecule has 1 aromatic heterocycles. The van der Waals surface area contributed by atoms with Crippen molar-refractivity contribution in [1.29, 1.82) is 0 Å². The molecule has 0 aliphatic rings. The van der Waals surface area contributed by atoms with Crippen molar-refractivity contribution in [3.63, 3.8) is 0 Å². The molecule has 10 heteroatoms. The second-order valence-corrected chi connectivity index (χ2v) is 9.31. The molecule has 0 unspecified atom stereocenters. The van der Waals surface area contributed by atoms with Gasteiger partial charge in [-0.1, -0.05) is 54.6 Å². The number of hydrogen-bond donors (Lipinski definition) is 3. The molecule has 41 heavy (non-hydrogen) atoms. The van der Waals surface area contributed by atoms with E-state index in [9.17, 15) is 23.8 Å². The predicted molar refractivity (Wildman–Crippen MR) is 154 cm³/mol. The van der Waals surface area contributed by atoms with Crippen LogP contribution in [0.1, 0.15) is 16.7 Å². The van der Waals surface area contributed by atoms with Gasteiger partial charge in [0.2, 0.25) is 5.89 Å². The van der Waals surface area contributed by atoms with Crippen molar-refractivity contribution >= 4 is 29.5 Å². The van der Waals surface area contributed by atoms with Crippen LogP contribution in [-0.4, -0.2) is 33.8 Å². The average Bonchev–Trinajstić information content (AvgIpc) is 3.34. The van der Waals surface area contributed by atoms with Gasteiger partial charge in [-0.25, -0.2) is 4.98 Å². The van der Waals surface area contributed by atoms with Crippen molar-refractivity contribution in [2.75, 3.05) is 0 Å². The molecule has 1 atom stereocenters. The molecule has 0 aliphatic carbocycles. The Morgan fingerprint density at radius 3 is 2.39 bits per heavy atom. The maximum absolute atomic E-state index is 13.3. The predicted octanol–water partition coefficient (Wildman–Crippen LogP) is 6.98. The minimum absolute atomic E-state index is 0. The van der Waals surface area contributed by atoms with Gasteiger partial charge in [-0.15, -0.1) is 12.4 Å². The molecule has 0 spiro atoms.